The van der Waals surface area contributed by atoms with E-state index in [9.17, 15) is 4.79 Å². The topological polar surface area (TPSA) is 17.1 Å². The molecule has 0 aliphatic heterocycles. The van der Waals surface area contributed by atoms with Gasteiger partial charge in [0.1, 0.15) is 0 Å². The van der Waals surface area contributed by atoms with Crippen LogP contribution in [0, 0.1) is 0 Å². The first kappa shape index (κ1) is 17.0. The number of aryl methyl sites for hydroxylation is 1. The Labute approximate surface area is 141 Å². The molecule has 22 heavy (non-hydrogen) atoms. The lowest BCUT2D eigenvalue weighted by Crippen LogP contribution is -1.98. The summed E-state index contributed by atoms with van der Waals surface area (Å²) < 4.78 is 0. The van der Waals surface area contributed by atoms with Crippen molar-refractivity contribution >= 4 is 21.7 Å². The molecule has 0 aromatic heterocycles. The van der Waals surface area contributed by atoms with E-state index in [1.807, 2.05) is 24.3 Å². The van der Waals surface area contributed by atoms with E-state index in [1.54, 1.807) is 0 Å². The summed E-state index contributed by atoms with van der Waals surface area (Å²) in [5.41, 5.74) is 4.53. The van der Waals surface area contributed by atoms with Gasteiger partial charge < -0.3 is 0 Å². The number of halogens is 1. The molecule has 0 unspecified atom stereocenters. The molecule has 116 valence electrons. The van der Waals surface area contributed by atoms with Gasteiger partial charge in [-0.15, -0.1) is 0 Å². The lowest BCUT2D eigenvalue weighted by molar-refractivity contribution is 0.102. The van der Waals surface area contributed by atoms with Crippen LogP contribution in [0.15, 0.2) is 48.5 Å². The lowest BCUT2D eigenvalue weighted by Gasteiger charge is -2.06. The van der Waals surface area contributed by atoms with Crippen LogP contribution >= 0.6 is 15.9 Å². The van der Waals surface area contributed by atoms with Crippen molar-refractivity contribution in [3.05, 3.63) is 59.7 Å². The van der Waals surface area contributed by atoms with Gasteiger partial charge in [-0.25, -0.2) is 0 Å². The molecule has 0 N–H and O–H groups in total. The van der Waals surface area contributed by atoms with E-state index in [0.29, 0.717) is 5.33 Å². The number of hydrogen-bond donors (Lipinski definition) is 0. The van der Waals surface area contributed by atoms with Crippen LogP contribution in [0.3, 0.4) is 0 Å². The minimum Gasteiger partial charge on any atom is -0.293 e. The van der Waals surface area contributed by atoms with Crippen LogP contribution in [0.4, 0.5) is 0 Å². The molecule has 0 amide bonds. The Hall–Kier alpha value is -1.41. The fourth-order valence-corrected chi connectivity index (χ4v) is 2.87. The molecule has 0 saturated heterocycles. The van der Waals surface area contributed by atoms with Gasteiger partial charge in [-0.3, -0.25) is 4.79 Å². The summed E-state index contributed by atoms with van der Waals surface area (Å²) in [4.78, 5) is 11.6. The molecule has 0 heterocycles. The van der Waals surface area contributed by atoms with Crippen molar-refractivity contribution in [3.8, 4) is 11.1 Å². The van der Waals surface area contributed by atoms with E-state index in [0.717, 1.165) is 11.1 Å². The van der Waals surface area contributed by atoms with Crippen LogP contribution in [0.5, 0.6) is 0 Å². The highest BCUT2D eigenvalue weighted by Crippen LogP contribution is 2.21. The zero-order valence-electron chi connectivity index (χ0n) is 13.1. The van der Waals surface area contributed by atoms with Crippen LogP contribution in [0.2, 0.25) is 0 Å². The summed E-state index contributed by atoms with van der Waals surface area (Å²) in [5, 5.41) is 0.374. The molecule has 2 aromatic carbocycles. The molecule has 0 saturated carbocycles. The Morgan fingerprint density at radius 1 is 0.864 bits per heavy atom. The average Bonchev–Trinajstić information content (AvgIpc) is 2.59. The zero-order chi connectivity index (χ0) is 15.8. The first-order valence-electron chi connectivity index (χ1n) is 8.03. The number of hydrogen-bond acceptors (Lipinski definition) is 1. The smallest absolute Gasteiger partial charge is 0.173 e. The fraction of sp³-hybridized carbons (Fsp3) is 0.350. The van der Waals surface area contributed by atoms with Crippen LogP contribution in [0.1, 0.15) is 48.5 Å². The third-order valence-electron chi connectivity index (χ3n) is 3.93. The Morgan fingerprint density at radius 3 is 2.00 bits per heavy atom. The van der Waals surface area contributed by atoms with Crippen molar-refractivity contribution in [3.63, 3.8) is 0 Å². The van der Waals surface area contributed by atoms with E-state index >= 15 is 0 Å². The number of carbonyl (C=O) groups excluding carboxylic acids is 1. The second-order valence-electron chi connectivity index (χ2n) is 5.64. The first-order chi connectivity index (χ1) is 10.7. The molecule has 0 fully saturated rings. The largest absolute Gasteiger partial charge is 0.293 e. The lowest BCUT2D eigenvalue weighted by atomic mass is 10.00. The van der Waals surface area contributed by atoms with Gasteiger partial charge in [0, 0.05) is 5.56 Å². The number of unbranched alkanes of at least 4 members (excludes halogenated alkanes) is 3. The minimum atomic E-state index is 0.119. The van der Waals surface area contributed by atoms with Crippen molar-refractivity contribution < 1.29 is 4.79 Å². The Bertz CT molecular complexity index is 584. The highest BCUT2D eigenvalue weighted by Gasteiger charge is 2.04. The number of ketones is 1. The summed E-state index contributed by atoms with van der Waals surface area (Å²) in [6.45, 7) is 2.24. The number of alkyl halides is 1. The minimum absolute atomic E-state index is 0.119. The normalized spacial score (nSPS) is 10.6. The molecule has 1 nitrogen and oxygen atoms in total. The maximum absolute atomic E-state index is 11.6. The summed E-state index contributed by atoms with van der Waals surface area (Å²) in [5.74, 6) is 0.119. The summed E-state index contributed by atoms with van der Waals surface area (Å²) >= 11 is 3.20. The quantitative estimate of drug-likeness (QED) is 0.318. The Kier molecular flexibility index (Phi) is 6.85. The number of carbonyl (C=O) groups is 1. The summed E-state index contributed by atoms with van der Waals surface area (Å²) in [6.07, 6.45) is 6.38. The predicted molar refractivity (Wildman–Crippen MR) is 97.8 cm³/mol. The van der Waals surface area contributed by atoms with E-state index in [-0.39, 0.29) is 5.78 Å². The summed E-state index contributed by atoms with van der Waals surface area (Å²) in [6, 6.07) is 16.6. The molecule has 2 heteroatoms. The van der Waals surface area contributed by atoms with E-state index in [1.165, 1.54) is 43.2 Å². The van der Waals surface area contributed by atoms with Gasteiger partial charge in [-0.05, 0) is 29.5 Å². The highest BCUT2D eigenvalue weighted by molar-refractivity contribution is 9.09. The molecule has 0 bridgehead atoms. The van der Waals surface area contributed by atoms with Crippen LogP contribution < -0.4 is 0 Å². The van der Waals surface area contributed by atoms with Crippen LogP contribution in [0.25, 0.3) is 11.1 Å². The molecule has 2 aromatic rings. The predicted octanol–water partition coefficient (Wildman–Crippen LogP) is 6.05. The molecular weight excluding hydrogens is 336 g/mol. The monoisotopic (exact) mass is 358 g/mol. The Balaban J connectivity index is 1.99. The third-order valence-corrected chi connectivity index (χ3v) is 4.44. The third kappa shape index (κ3) is 4.81. The van der Waals surface area contributed by atoms with Crippen molar-refractivity contribution in [1.82, 2.24) is 0 Å². The number of benzene rings is 2. The van der Waals surface area contributed by atoms with E-state index in [4.69, 9.17) is 0 Å². The van der Waals surface area contributed by atoms with Gasteiger partial charge >= 0.3 is 0 Å². The van der Waals surface area contributed by atoms with Crippen LogP contribution in [-0.2, 0) is 6.42 Å². The van der Waals surface area contributed by atoms with Crippen LogP contribution in [-0.4, -0.2) is 11.1 Å². The van der Waals surface area contributed by atoms with Crippen molar-refractivity contribution in [1.29, 1.82) is 0 Å². The molecule has 0 aliphatic rings. The molecule has 2 rings (SSSR count). The number of rotatable bonds is 8. The van der Waals surface area contributed by atoms with Crippen molar-refractivity contribution in [2.75, 3.05) is 5.33 Å². The Morgan fingerprint density at radius 2 is 1.45 bits per heavy atom. The molecule has 0 radical (unpaired) electrons. The average molecular weight is 359 g/mol. The van der Waals surface area contributed by atoms with Crippen molar-refractivity contribution in [2.45, 2.75) is 39.0 Å². The maximum Gasteiger partial charge on any atom is 0.173 e. The molecule has 0 atom stereocenters. The molecular formula is C20H23BrO. The standard InChI is InChI=1S/C20H23BrO/c1-2-3-4-5-6-16-7-9-17(10-8-16)18-11-13-19(14-12-18)20(22)15-21/h7-14H,2-6,15H2,1H3. The van der Waals surface area contributed by atoms with Gasteiger partial charge in [0.05, 0.1) is 5.33 Å². The van der Waals surface area contributed by atoms with Gasteiger partial charge in [0.15, 0.2) is 5.78 Å². The SMILES string of the molecule is CCCCCCc1ccc(-c2ccc(C(=O)CBr)cc2)cc1. The second-order valence-corrected chi connectivity index (χ2v) is 6.20. The van der Waals surface area contributed by atoms with E-state index < -0.39 is 0 Å². The van der Waals surface area contributed by atoms with Gasteiger partial charge in [-0.2, -0.15) is 0 Å². The first-order valence-corrected chi connectivity index (χ1v) is 9.15. The second kappa shape index (κ2) is 8.89. The maximum atomic E-state index is 11.6. The fourth-order valence-electron chi connectivity index (χ4n) is 2.55. The van der Waals surface area contributed by atoms with Gasteiger partial charge in [0.25, 0.3) is 0 Å². The van der Waals surface area contributed by atoms with Gasteiger partial charge in [0.2, 0.25) is 0 Å². The number of Topliss-reactive ketones (excluding diaryl/α,β-unsaturated/α-hetero) is 1. The van der Waals surface area contributed by atoms with E-state index in [2.05, 4.69) is 47.1 Å². The summed E-state index contributed by atoms with van der Waals surface area (Å²) in [7, 11) is 0. The van der Waals surface area contributed by atoms with Crippen molar-refractivity contribution in [2.24, 2.45) is 0 Å². The molecule has 0 aliphatic carbocycles. The highest BCUT2D eigenvalue weighted by atomic mass is 79.9. The van der Waals surface area contributed by atoms with Gasteiger partial charge in [-0.1, -0.05) is 90.6 Å². The zero-order valence-corrected chi connectivity index (χ0v) is 14.7. The molecule has 0 spiro atoms.